The van der Waals surface area contributed by atoms with Crippen LogP contribution >= 0.6 is 0 Å². The van der Waals surface area contributed by atoms with Gasteiger partial charge in [0.05, 0.1) is 13.2 Å². The Balaban J connectivity index is 4.73. The second kappa shape index (κ2) is 9.55. The monoisotopic (exact) mass is 308 g/mol. The number of ether oxygens (including phenoxy) is 1. The highest BCUT2D eigenvalue weighted by Crippen LogP contribution is 2.08. The highest BCUT2D eigenvalue weighted by atomic mass is 16.5. The Kier molecular flexibility index (Phi) is 8.93. The molecule has 0 unspecified atom stereocenters. The summed E-state index contributed by atoms with van der Waals surface area (Å²) in [5.41, 5.74) is -0.183. The van der Waals surface area contributed by atoms with E-state index in [2.05, 4.69) is 4.74 Å². The lowest BCUT2D eigenvalue weighted by molar-refractivity contribution is -0.144. The minimum atomic E-state index is -2.10. The van der Waals surface area contributed by atoms with Crippen LogP contribution in [0.4, 0.5) is 0 Å². The van der Waals surface area contributed by atoms with Crippen LogP contribution in [0.5, 0.6) is 0 Å². The first-order chi connectivity index (χ1) is 9.76. The van der Waals surface area contributed by atoms with Crippen LogP contribution in [0.25, 0.3) is 0 Å². The molecule has 0 saturated heterocycles. The molecule has 0 fully saturated rings. The number of hydrogen-bond donors (Lipinski definition) is 6. The summed E-state index contributed by atoms with van der Waals surface area (Å²) in [6.45, 7) is -0.304. The summed E-state index contributed by atoms with van der Waals surface area (Å²) >= 11 is 0. The molecule has 0 aliphatic carbocycles. The molecule has 4 atom stereocenters. The highest BCUT2D eigenvalue weighted by molar-refractivity contribution is 6.01. The molecule has 0 spiro atoms. The normalized spacial score (nSPS) is 17.8. The van der Waals surface area contributed by atoms with Crippen LogP contribution in [0, 0.1) is 0 Å². The third-order valence-corrected chi connectivity index (χ3v) is 2.55. The average molecular weight is 308 g/mol. The standard InChI is InChI=1S/C12H20O9/c1-6(12(20)21-3-2-13)4-7(15)9(17)11(19)10(18)8(16)5-14/h4,8-11,13-14,16-19H,2-3,5H2,1H3/t8-,9+,10-,11-/m1/s1. The Bertz CT molecular complexity index is 379. The number of esters is 1. The van der Waals surface area contributed by atoms with E-state index in [4.69, 9.17) is 15.3 Å². The van der Waals surface area contributed by atoms with Crippen molar-refractivity contribution in [2.75, 3.05) is 19.8 Å². The predicted molar refractivity (Wildman–Crippen MR) is 67.9 cm³/mol. The maximum absolute atomic E-state index is 11.6. The number of ketones is 1. The third kappa shape index (κ3) is 6.29. The van der Waals surface area contributed by atoms with Crippen molar-refractivity contribution >= 4 is 11.8 Å². The van der Waals surface area contributed by atoms with Gasteiger partial charge in [-0.3, -0.25) is 4.79 Å². The number of aliphatic hydroxyl groups excluding tert-OH is 6. The summed E-state index contributed by atoms with van der Waals surface area (Å²) < 4.78 is 4.52. The Morgan fingerprint density at radius 1 is 1.10 bits per heavy atom. The Morgan fingerprint density at radius 3 is 2.14 bits per heavy atom. The van der Waals surface area contributed by atoms with Gasteiger partial charge in [0, 0.05) is 5.57 Å². The van der Waals surface area contributed by atoms with Gasteiger partial charge >= 0.3 is 5.97 Å². The van der Waals surface area contributed by atoms with E-state index in [-0.39, 0.29) is 18.8 Å². The van der Waals surface area contributed by atoms with Crippen molar-refractivity contribution < 1.29 is 45.0 Å². The van der Waals surface area contributed by atoms with Crippen molar-refractivity contribution in [1.82, 2.24) is 0 Å². The molecule has 0 saturated carbocycles. The van der Waals surface area contributed by atoms with Gasteiger partial charge in [0.1, 0.15) is 31.0 Å². The Morgan fingerprint density at radius 2 is 1.67 bits per heavy atom. The fraction of sp³-hybridized carbons (Fsp3) is 0.667. The maximum atomic E-state index is 11.6. The maximum Gasteiger partial charge on any atom is 0.333 e. The molecule has 0 rings (SSSR count). The molecule has 0 aromatic rings. The lowest BCUT2D eigenvalue weighted by Gasteiger charge is -2.24. The summed E-state index contributed by atoms with van der Waals surface area (Å²) in [6, 6.07) is 0. The number of hydrogen-bond acceptors (Lipinski definition) is 9. The summed E-state index contributed by atoms with van der Waals surface area (Å²) in [4.78, 5) is 22.9. The molecule has 9 heteroatoms. The molecule has 0 amide bonds. The average Bonchev–Trinajstić information content (AvgIpc) is 2.48. The first kappa shape index (κ1) is 19.6. The molecule has 6 N–H and O–H groups in total. The van der Waals surface area contributed by atoms with E-state index in [0.29, 0.717) is 6.08 Å². The third-order valence-electron chi connectivity index (χ3n) is 2.55. The molecule has 0 aliphatic heterocycles. The van der Waals surface area contributed by atoms with E-state index in [0.717, 1.165) is 0 Å². The van der Waals surface area contributed by atoms with Crippen LogP contribution in [0.1, 0.15) is 6.92 Å². The van der Waals surface area contributed by atoms with Gasteiger partial charge in [-0.1, -0.05) is 0 Å². The molecule has 122 valence electrons. The molecule has 21 heavy (non-hydrogen) atoms. The van der Waals surface area contributed by atoms with E-state index in [1.807, 2.05) is 0 Å². The molecule has 9 nitrogen and oxygen atoms in total. The lowest BCUT2D eigenvalue weighted by atomic mass is 9.99. The fourth-order valence-electron chi connectivity index (χ4n) is 1.30. The minimum absolute atomic E-state index is 0.183. The summed E-state index contributed by atoms with van der Waals surface area (Å²) in [5.74, 6) is -1.99. The van der Waals surface area contributed by atoms with Gasteiger partial charge in [0.25, 0.3) is 0 Å². The zero-order valence-electron chi connectivity index (χ0n) is 11.4. The van der Waals surface area contributed by atoms with Gasteiger partial charge in [0.15, 0.2) is 5.78 Å². The van der Waals surface area contributed by atoms with Crippen molar-refractivity contribution in [3.05, 3.63) is 11.6 Å². The number of carbonyl (C=O) groups excluding carboxylic acids is 2. The first-order valence-electron chi connectivity index (χ1n) is 6.09. The smallest absolute Gasteiger partial charge is 0.333 e. The van der Waals surface area contributed by atoms with Crippen LogP contribution in [-0.4, -0.2) is 86.6 Å². The Labute approximate surface area is 120 Å². The molecule has 0 radical (unpaired) electrons. The highest BCUT2D eigenvalue weighted by Gasteiger charge is 2.33. The number of rotatable bonds is 9. The largest absolute Gasteiger partial charge is 0.460 e. The van der Waals surface area contributed by atoms with Gasteiger partial charge in [-0.2, -0.15) is 0 Å². The van der Waals surface area contributed by atoms with E-state index in [1.165, 1.54) is 6.92 Å². The van der Waals surface area contributed by atoms with E-state index < -0.39 is 42.8 Å². The van der Waals surface area contributed by atoms with E-state index in [9.17, 15) is 24.9 Å². The zero-order valence-corrected chi connectivity index (χ0v) is 11.4. The van der Waals surface area contributed by atoms with Gasteiger partial charge < -0.3 is 35.4 Å². The summed E-state index contributed by atoms with van der Waals surface area (Å²) in [7, 11) is 0. The predicted octanol–water partition coefficient (Wildman–Crippen LogP) is -3.53. The molecular formula is C12H20O9. The Hall–Kier alpha value is -1.36. The zero-order chi connectivity index (χ0) is 16.6. The van der Waals surface area contributed by atoms with Crippen molar-refractivity contribution in [3.8, 4) is 0 Å². The van der Waals surface area contributed by atoms with E-state index in [1.54, 1.807) is 0 Å². The number of carbonyl (C=O) groups is 2. The quantitative estimate of drug-likeness (QED) is 0.187. The van der Waals surface area contributed by atoms with Crippen molar-refractivity contribution in [3.63, 3.8) is 0 Å². The molecule has 0 heterocycles. The van der Waals surface area contributed by atoms with Crippen LogP contribution in [0.15, 0.2) is 11.6 Å². The van der Waals surface area contributed by atoms with Crippen LogP contribution in [-0.2, 0) is 14.3 Å². The van der Waals surface area contributed by atoms with Crippen molar-refractivity contribution in [2.24, 2.45) is 0 Å². The van der Waals surface area contributed by atoms with Crippen molar-refractivity contribution in [2.45, 2.75) is 31.3 Å². The first-order valence-corrected chi connectivity index (χ1v) is 6.09. The van der Waals surface area contributed by atoms with Gasteiger partial charge in [-0.25, -0.2) is 4.79 Å². The topological polar surface area (TPSA) is 165 Å². The molecule has 0 aliphatic rings. The second-order valence-corrected chi connectivity index (χ2v) is 4.27. The van der Waals surface area contributed by atoms with E-state index >= 15 is 0 Å². The molecule has 0 aromatic heterocycles. The van der Waals surface area contributed by atoms with Gasteiger partial charge in [-0.05, 0) is 13.0 Å². The van der Waals surface area contributed by atoms with Crippen LogP contribution in [0.2, 0.25) is 0 Å². The molecule has 0 bridgehead atoms. The molecular weight excluding hydrogens is 288 g/mol. The fourth-order valence-corrected chi connectivity index (χ4v) is 1.30. The van der Waals surface area contributed by atoms with Crippen molar-refractivity contribution in [1.29, 1.82) is 0 Å². The van der Waals surface area contributed by atoms with Gasteiger partial charge in [-0.15, -0.1) is 0 Å². The minimum Gasteiger partial charge on any atom is -0.460 e. The second-order valence-electron chi connectivity index (χ2n) is 4.27. The summed E-state index contributed by atoms with van der Waals surface area (Å²) in [6.07, 6.45) is -7.11. The number of aliphatic hydroxyl groups is 6. The van der Waals surface area contributed by atoms with Crippen LogP contribution < -0.4 is 0 Å². The molecule has 0 aromatic carbocycles. The summed E-state index contributed by atoms with van der Waals surface area (Å²) in [5, 5.41) is 54.5. The SMILES string of the molecule is CC(=CC(=O)[C@H](O)[C@@H](O)[C@H](O)[C@H](O)CO)C(=O)OCCO. The van der Waals surface area contributed by atoms with Gasteiger partial charge in [0.2, 0.25) is 0 Å². The van der Waals surface area contributed by atoms with Crippen LogP contribution in [0.3, 0.4) is 0 Å². The lowest BCUT2D eigenvalue weighted by Crippen LogP contribution is -2.48.